The third kappa shape index (κ3) is 4.94. The lowest BCUT2D eigenvalue weighted by Gasteiger charge is -2.29. The highest BCUT2D eigenvalue weighted by molar-refractivity contribution is 5.46. The normalized spacial score (nSPS) is 17.7. The number of rotatable bonds is 7. The minimum Gasteiger partial charge on any atom is -0.379 e. The molecule has 112 valence electrons. The summed E-state index contributed by atoms with van der Waals surface area (Å²) in [5.41, 5.74) is 0. The Bertz CT molecular complexity index is 395. The smallest absolute Gasteiger partial charge is 0.131 e. The van der Waals surface area contributed by atoms with Crippen LogP contribution in [0.25, 0.3) is 0 Å². The van der Waals surface area contributed by atoms with E-state index in [0.717, 1.165) is 57.4 Å². The van der Waals surface area contributed by atoms with Gasteiger partial charge in [0.25, 0.3) is 0 Å². The van der Waals surface area contributed by atoms with E-state index < -0.39 is 0 Å². The Morgan fingerprint density at radius 3 is 2.80 bits per heavy atom. The summed E-state index contributed by atoms with van der Waals surface area (Å²) in [6.45, 7) is 9.95. The van der Waals surface area contributed by atoms with Gasteiger partial charge in [-0.15, -0.1) is 0 Å². The fourth-order valence-corrected chi connectivity index (χ4v) is 2.26. The van der Waals surface area contributed by atoms with E-state index >= 15 is 0 Å². The maximum absolute atomic E-state index is 5.36. The predicted octanol–water partition coefficient (Wildman–Crippen LogP) is 1.43. The highest BCUT2D eigenvalue weighted by atomic mass is 16.5. The van der Waals surface area contributed by atoms with Crippen LogP contribution in [0.4, 0.5) is 11.6 Å². The molecule has 1 unspecified atom stereocenters. The van der Waals surface area contributed by atoms with Crippen LogP contribution >= 0.6 is 0 Å². The van der Waals surface area contributed by atoms with Crippen molar-refractivity contribution in [1.82, 2.24) is 14.9 Å². The summed E-state index contributed by atoms with van der Waals surface area (Å²) in [4.78, 5) is 10.9. The molecule has 0 amide bonds. The number of nitrogens with one attached hydrogen (secondary N) is 2. The van der Waals surface area contributed by atoms with Crippen molar-refractivity contribution in [3.8, 4) is 0 Å². The molecular formula is C14H25N5O. The van der Waals surface area contributed by atoms with Gasteiger partial charge in [-0.3, -0.25) is 4.90 Å². The standard InChI is InChI=1S/C14H25N5O/c1-3-4-15-13-9-14(17-11-16-13)18-12(2)10-19-5-7-20-8-6-19/h9,11-12H,3-8,10H2,1-2H3,(H2,15,16,17,18). The van der Waals surface area contributed by atoms with Crippen molar-refractivity contribution < 1.29 is 4.74 Å². The van der Waals surface area contributed by atoms with Crippen LogP contribution in [-0.2, 0) is 4.74 Å². The van der Waals surface area contributed by atoms with Crippen molar-refractivity contribution in [3.05, 3.63) is 12.4 Å². The van der Waals surface area contributed by atoms with Crippen LogP contribution in [0.2, 0.25) is 0 Å². The first-order valence-electron chi connectivity index (χ1n) is 7.40. The summed E-state index contributed by atoms with van der Waals surface area (Å²) in [5, 5.41) is 6.70. The molecule has 0 radical (unpaired) electrons. The number of anilines is 2. The average molecular weight is 279 g/mol. The third-order valence-electron chi connectivity index (χ3n) is 3.25. The van der Waals surface area contributed by atoms with Crippen LogP contribution in [-0.4, -0.2) is 60.3 Å². The third-order valence-corrected chi connectivity index (χ3v) is 3.25. The SMILES string of the molecule is CCCNc1cc(NC(C)CN2CCOCC2)ncn1. The van der Waals surface area contributed by atoms with Gasteiger partial charge in [0.1, 0.15) is 18.0 Å². The van der Waals surface area contributed by atoms with Gasteiger partial charge < -0.3 is 15.4 Å². The van der Waals surface area contributed by atoms with Gasteiger partial charge in [0, 0.05) is 38.3 Å². The maximum Gasteiger partial charge on any atom is 0.131 e. The summed E-state index contributed by atoms with van der Waals surface area (Å²) < 4.78 is 5.36. The van der Waals surface area contributed by atoms with Crippen LogP contribution in [0, 0.1) is 0 Å². The lowest BCUT2D eigenvalue weighted by Crippen LogP contribution is -2.42. The summed E-state index contributed by atoms with van der Waals surface area (Å²) >= 11 is 0. The Morgan fingerprint density at radius 2 is 2.05 bits per heavy atom. The maximum atomic E-state index is 5.36. The molecule has 2 N–H and O–H groups in total. The molecule has 2 rings (SSSR count). The van der Waals surface area contributed by atoms with E-state index in [9.17, 15) is 0 Å². The molecule has 1 aromatic rings. The van der Waals surface area contributed by atoms with Crippen LogP contribution < -0.4 is 10.6 Å². The second kappa shape index (κ2) is 8.01. The monoisotopic (exact) mass is 279 g/mol. The minimum absolute atomic E-state index is 0.349. The van der Waals surface area contributed by atoms with E-state index in [0.29, 0.717) is 6.04 Å². The zero-order chi connectivity index (χ0) is 14.2. The number of hydrogen-bond acceptors (Lipinski definition) is 6. The van der Waals surface area contributed by atoms with Gasteiger partial charge in [0.2, 0.25) is 0 Å². The molecule has 6 heteroatoms. The number of aromatic nitrogens is 2. The largest absolute Gasteiger partial charge is 0.379 e. The van der Waals surface area contributed by atoms with Gasteiger partial charge >= 0.3 is 0 Å². The number of hydrogen-bond donors (Lipinski definition) is 2. The van der Waals surface area contributed by atoms with Crippen molar-refractivity contribution in [1.29, 1.82) is 0 Å². The lowest BCUT2D eigenvalue weighted by molar-refractivity contribution is 0.0368. The van der Waals surface area contributed by atoms with Gasteiger partial charge in [-0.25, -0.2) is 9.97 Å². The second-order valence-electron chi connectivity index (χ2n) is 5.17. The Kier molecular flexibility index (Phi) is 6.01. The first-order chi connectivity index (χ1) is 9.78. The molecule has 1 aliphatic heterocycles. The van der Waals surface area contributed by atoms with Gasteiger partial charge in [-0.1, -0.05) is 6.92 Å². The fourth-order valence-electron chi connectivity index (χ4n) is 2.26. The Morgan fingerprint density at radius 1 is 1.30 bits per heavy atom. The van der Waals surface area contributed by atoms with Crippen molar-refractivity contribution >= 4 is 11.6 Å². The van der Waals surface area contributed by atoms with E-state index in [-0.39, 0.29) is 0 Å². The molecule has 1 saturated heterocycles. The predicted molar refractivity (Wildman–Crippen MR) is 81.2 cm³/mol. The number of ether oxygens (including phenoxy) is 1. The minimum atomic E-state index is 0.349. The van der Waals surface area contributed by atoms with E-state index in [4.69, 9.17) is 4.74 Å². The molecule has 1 aromatic heterocycles. The second-order valence-corrected chi connectivity index (χ2v) is 5.17. The molecular weight excluding hydrogens is 254 g/mol. The zero-order valence-electron chi connectivity index (χ0n) is 12.4. The molecule has 6 nitrogen and oxygen atoms in total. The van der Waals surface area contributed by atoms with Crippen LogP contribution in [0.5, 0.6) is 0 Å². The average Bonchev–Trinajstić information content (AvgIpc) is 2.46. The molecule has 20 heavy (non-hydrogen) atoms. The number of nitrogens with zero attached hydrogens (tertiary/aromatic N) is 3. The Balaban J connectivity index is 1.81. The van der Waals surface area contributed by atoms with Gasteiger partial charge in [-0.2, -0.15) is 0 Å². The molecule has 0 bridgehead atoms. The highest BCUT2D eigenvalue weighted by Gasteiger charge is 2.13. The summed E-state index contributed by atoms with van der Waals surface area (Å²) in [6.07, 6.45) is 2.68. The van der Waals surface area contributed by atoms with Gasteiger partial charge in [0.15, 0.2) is 0 Å². The first-order valence-corrected chi connectivity index (χ1v) is 7.40. The molecule has 1 fully saturated rings. The van der Waals surface area contributed by atoms with Crippen molar-refractivity contribution in [2.45, 2.75) is 26.3 Å². The molecule has 0 saturated carbocycles. The molecule has 0 aliphatic carbocycles. The zero-order valence-corrected chi connectivity index (χ0v) is 12.4. The summed E-state index contributed by atoms with van der Waals surface area (Å²) in [6, 6.07) is 2.31. The first kappa shape index (κ1) is 15.0. The van der Waals surface area contributed by atoms with Gasteiger partial charge in [0.05, 0.1) is 13.2 Å². The van der Waals surface area contributed by atoms with E-state index in [1.54, 1.807) is 6.33 Å². The molecule has 0 spiro atoms. The molecule has 1 aliphatic rings. The highest BCUT2D eigenvalue weighted by Crippen LogP contribution is 2.10. The topological polar surface area (TPSA) is 62.3 Å². The molecule has 0 aromatic carbocycles. The van der Waals surface area contributed by atoms with Crippen LogP contribution in [0.1, 0.15) is 20.3 Å². The number of morpholine rings is 1. The molecule has 2 heterocycles. The molecule has 1 atom stereocenters. The van der Waals surface area contributed by atoms with E-state index in [1.165, 1.54) is 0 Å². The van der Waals surface area contributed by atoms with E-state index in [1.807, 2.05) is 6.07 Å². The quantitative estimate of drug-likeness (QED) is 0.787. The van der Waals surface area contributed by atoms with Crippen LogP contribution in [0.15, 0.2) is 12.4 Å². The van der Waals surface area contributed by atoms with Crippen molar-refractivity contribution in [2.24, 2.45) is 0 Å². The fraction of sp³-hybridized carbons (Fsp3) is 0.714. The van der Waals surface area contributed by atoms with E-state index in [2.05, 4.69) is 39.3 Å². The summed E-state index contributed by atoms with van der Waals surface area (Å²) in [5.74, 6) is 1.75. The van der Waals surface area contributed by atoms with Crippen molar-refractivity contribution in [2.75, 3.05) is 50.0 Å². The van der Waals surface area contributed by atoms with Crippen LogP contribution in [0.3, 0.4) is 0 Å². The summed E-state index contributed by atoms with van der Waals surface area (Å²) in [7, 11) is 0. The Labute approximate surface area is 120 Å². The Hall–Kier alpha value is -1.40. The van der Waals surface area contributed by atoms with Crippen molar-refractivity contribution in [3.63, 3.8) is 0 Å². The lowest BCUT2D eigenvalue weighted by atomic mass is 10.3. The van der Waals surface area contributed by atoms with Gasteiger partial charge in [-0.05, 0) is 13.3 Å².